The number of amides is 1. The first-order valence-electron chi connectivity index (χ1n) is 9.75. The van der Waals surface area contributed by atoms with Crippen LogP contribution in [0.3, 0.4) is 0 Å². The quantitative estimate of drug-likeness (QED) is 0.629. The van der Waals surface area contributed by atoms with E-state index in [4.69, 9.17) is 14.6 Å². The van der Waals surface area contributed by atoms with Gasteiger partial charge in [0.25, 0.3) is 0 Å². The fraction of sp³-hybridized carbons (Fsp3) is 0.381. The van der Waals surface area contributed by atoms with Crippen molar-refractivity contribution < 1.29 is 14.3 Å². The number of imidazole rings is 1. The van der Waals surface area contributed by atoms with Gasteiger partial charge in [0, 0.05) is 31.7 Å². The summed E-state index contributed by atoms with van der Waals surface area (Å²) >= 11 is 0. The van der Waals surface area contributed by atoms with Crippen molar-refractivity contribution in [3.8, 4) is 17.0 Å². The van der Waals surface area contributed by atoms with Crippen LogP contribution < -0.4 is 9.64 Å². The average Bonchev–Trinajstić information content (AvgIpc) is 3.16. The van der Waals surface area contributed by atoms with E-state index in [1.54, 1.807) is 12.0 Å². The Kier molecular flexibility index (Phi) is 6.66. The van der Waals surface area contributed by atoms with E-state index in [2.05, 4.69) is 9.88 Å². The van der Waals surface area contributed by atoms with Crippen LogP contribution in [-0.4, -0.2) is 65.0 Å². The van der Waals surface area contributed by atoms with E-state index in [0.717, 1.165) is 28.5 Å². The van der Waals surface area contributed by atoms with Gasteiger partial charge in [0.05, 0.1) is 25.1 Å². The standard InChI is InChI=1S/C21H25N5O3.ClH/c1-15(2)29-21(27)25-12-10-24(11-13-25)20-9-8-19-22-14-17(26(19)23-20)16-6-4-5-7-18(16)28-3;/h4-9,14-15H,10-13H2,1-3H3;1H. The lowest BCUT2D eigenvalue weighted by atomic mass is 10.1. The molecular weight excluding hydrogens is 406 g/mol. The monoisotopic (exact) mass is 431 g/mol. The minimum absolute atomic E-state index is 0. The number of hydrogen-bond donors (Lipinski definition) is 0. The molecule has 160 valence electrons. The van der Waals surface area contributed by atoms with Crippen molar-refractivity contribution >= 4 is 30.0 Å². The number of carbonyl (C=O) groups is 1. The molecule has 4 rings (SSSR count). The molecule has 1 aliphatic rings. The van der Waals surface area contributed by atoms with E-state index in [-0.39, 0.29) is 24.6 Å². The van der Waals surface area contributed by atoms with Crippen molar-refractivity contribution in [3.63, 3.8) is 0 Å². The van der Waals surface area contributed by atoms with E-state index in [1.165, 1.54) is 0 Å². The molecule has 3 heterocycles. The Balaban J connectivity index is 0.00000256. The summed E-state index contributed by atoms with van der Waals surface area (Å²) in [5, 5.41) is 4.82. The van der Waals surface area contributed by atoms with Gasteiger partial charge in [-0.2, -0.15) is 0 Å². The number of benzene rings is 1. The molecule has 1 amide bonds. The van der Waals surface area contributed by atoms with Crippen LogP contribution in [-0.2, 0) is 4.74 Å². The van der Waals surface area contributed by atoms with Crippen LogP contribution in [0.2, 0.25) is 0 Å². The SMILES string of the molecule is COc1ccccc1-c1cnc2ccc(N3CCN(C(=O)OC(C)C)CC3)nn12.Cl. The molecule has 30 heavy (non-hydrogen) atoms. The number of para-hydroxylation sites is 1. The van der Waals surface area contributed by atoms with E-state index in [9.17, 15) is 4.79 Å². The van der Waals surface area contributed by atoms with Crippen LogP contribution in [0.15, 0.2) is 42.6 Å². The van der Waals surface area contributed by atoms with E-state index < -0.39 is 0 Å². The average molecular weight is 432 g/mol. The first kappa shape index (κ1) is 21.7. The largest absolute Gasteiger partial charge is 0.496 e. The number of aromatic nitrogens is 3. The number of halogens is 1. The number of carbonyl (C=O) groups excluding carboxylic acids is 1. The molecule has 0 spiro atoms. The lowest BCUT2D eigenvalue weighted by Crippen LogP contribution is -2.49. The molecule has 8 nitrogen and oxygen atoms in total. The molecule has 9 heteroatoms. The number of ether oxygens (including phenoxy) is 2. The molecule has 1 aromatic carbocycles. The van der Waals surface area contributed by atoms with Crippen LogP contribution in [0.25, 0.3) is 16.9 Å². The second kappa shape index (κ2) is 9.21. The lowest BCUT2D eigenvalue weighted by molar-refractivity contribution is 0.0751. The number of methoxy groups -OCH3 is 1. The zero-order valence-electron chi connectivity index (χ0n) is 17.3. The van der Waals surface area contributed by atoms with E-state index in [0.29, 0.717) is 26.2 Å². The smallest absolute Gasteiger partial charge is 0.410 e. The minimum Gasteiger partial charge on any atom is -0.496 e. The maximum atomic E-state index is 12.1. The summed E-state index contributed by atoms with van der Waals surface area (Å²) in [6, 6.07) is 11.8. The maximum Gasteiger partial charge on any atom is 0.410 e. The molecule has 1 fully saturated rings. The summed E-state index contributed by atoms with van der Waals surface area (Å²) in [5.41, 5.74) is 2.58. The highest BCUT2D eigenvalue weighted by atomic mass is 35.5. The Bertz CT molecular complexity index is 1010. The van der Waals surface area contributed by atoms with Crippen LogP contribution in [0, 0.1) is 0 Å². The summed E-state index contributed by atoms with van der Waals surface area (Å²) in [6.07, 6.45) is 1.44. The van der Waals surface area contributed by atoms with E-state index >= 15 is 0 Å². The van der Waals surface area contributed by atoms with Crippen LogP contribution >= 0.6 is 12.4 Å². The van der Waals surface area contributed by atoms with Gasteiger partial charge in [-0.1, -0.05) is 12.1 Å². The highest BCUT2D eigenvalue weighted by Crippen LogP contribution is 2.30. The van der Waals surface area contributed by atoms with Gasteiger partial charge < -0.3 is 19.3 Å². The summed E-state index contributed by atoms with van der Waals surface area (Å²) in [5.74, 6) is 1.63. The maximum absolute atomic E-state index is 12.1. The van der Waals surface area contributed by atoms with Crippen molar-refractivity contribution in [2.75, 3.05) is 38.2 Å². The molecule has 0 bridgehead atoms. The normalized spacial score (nSPS) is 14.0. The molecule has 0 unspecified atom stereocenters. The molecule has 0 atom stereocenters. The number of piperazine rings is 1. The summed E-state index contributed by atoms with van der Waals surface area (Å²) in [7, 11) is 1.66. The Morgan fingerprint density at radius 2 is 1.80 bits per heavy atom. The van der Waals surface area contributed by atoms with Crippen molar-refractivity contribution in [2.24, 2.45) is 0 Å². The number of fused-ring (bicyclic) bond motifs is 1. The second-order valence-corrected chi connectivity index (χ2v) is 7.21. The third-order valence-electron chi connectivity index (χ3n) is 4.93. The minimum atomic E-state index is -0.254. The van der Waals surface area contributed by atoms with E-state index in [1.807, 2.05) is 61.0 Å². The Hall–Kier alpha value is -3.00. The molecule has 3 aromatic rings. The first-order valence-corrected chi connectivity index (χ1v) is 9.75. The van der Waals surface area contributed by atoms with Gasteiger partial charge in [0.1, 0.15) is 11.6 Å². The topological polar surface area (TPSA) is 72.2 Å². The second-order valence-electron chi connectivity index (χ2n) is 7.21. The summed E-state index contributed by atoms with van der Waals surface area (Å²) < 4.78 is 12.6. The number of anilines is 1. The molecule has 1 saturated heterocycles. The van der Waals surface area contributed by atoms with Gasteiger partial charge in [-0.25, -0.2) is 14.3 Å². The molecule has 0 aliphatic carbocycles. The van der Waals surface area contributed by atoms with Gasteiger partial charge in [-0.05, 0) is 38.1 Å². The zero-order valence-corrected chi connectivity index (χ0v) is 18.1. The summed E-state index contributed by atoms with van der Waals surface area (Å²) in [6.45, 7) is 6.33. The van der Waals surface area contributed by atoms with Crippen LogP contribution in [0.4, 0.5) is 10.6 Å². The van der Waals surface area contributed by atoms with Gasteiger partial charge in [0.2, 0.25) is 0 Å². The molecule has 2 aromatic heterocycles. The van der Waals surface area contributed by atoms with Crippen molar-refractivity contribution in [2.45, 2.75) is 20.0 Å². The third kappa shape index (κ3) is 4.28. The fourth-order valence-corrected chi connectivity index (χ4v) is 3.47. The predicted octanol–water partition coefficient (Wildman–Crippen LogP) is 3.49. The number of hydrogen-bond acceptors (Lipinski definition) is 6. The summed E-state index contributed by atoms with van der Waals surface area (Å²) in [4.78, 5) is 20.5. The zero-order chi connectivity index (χ0) is 20.4. The molecular formula is C21H26ClN5O3. The Morgan fingerprint density at radius 1 is 1.07 bits per heavy atom. The third-order valence-corrected chi connectivity index (χ3v) is 4.93. The molecule has 0 radical (unpaired) electrons. The lowest BCUT2D eigenvalue weighted by Gasteiger charge is -2.35. The Labute approximate surface area is 181 Å². The fourth-order valence-electron chi connectivity index (χ4n) is 3.47. The molecule has 1 aliphatic heterocycles. The molecule has 0 saturated carbocycles. The highest BCUT2D eigenvalue weighted by Gasteiger charge is 2.24. The van der Waals surface area contributed by atoms with Crippen molar-refractivity contribution in [1.29, 1.82) is 0 Å². The van der Waals surface area contributed by atoms with Crippen LogP contribution in [0.5, 0.6) is 5.75 Å². The first-order chi connectivity index (χ1) is 14.1. The Morgan fingerprint density at radius 3 is 2.50 bits per heavy atom. The van der Waals surface area contributed by atoms with Crippen molar-refractivity contribution in [1.82, 2.24) is 19.5 Å². The molecule has 0 N–H and O–H groups in total. The van der Waals surface area contributed by atoms with Gasteiger partial charge in [0.15, 0.2) is 5.65 Å². The van der Waals surface area contributed by atoms with Crippen LogP contribution in [0.1, 0.15) is 13.8 Å². The van der Waals surface area contributed by atoms with Gasteiger partial charge in [-0.3, -0.25) is 0 Å². The van der Waals surface area contributed by atoms with Gasteiger partial charge >= 0.3 is 6.09 Å². The van der Waals surface area contributed by atoms with Crippen molar-refractivity contribution in [3.05, 3.63) is 42.6 Å². The van der Waals surface area contributed by atoms with Gasteiger partial charge in [-0.15, -0.1) is 17.5 Å². The number of rotatable bonds is 4. The highest BCUT2D eigenvalue weighted by molar-refractivity contribution is 5.85. The predicted molar refractivity (Wildman–Crippen MR) is 118 cm³/mol. The number of nitrogens with zero attached hydrogens (tertiary/aromatic N) is 5.